The number of halogens is 2. The summed E-state index contributed by atoms with van der Waals surface area (Å²) in [6.07, 6.45) is 3.89. The van der Waals surface area contributed by atoms with E-state index in [1.54, 1.807) is 12.1 Å². The summed E-state index contributed by atoms with van der Waals surface area (Å²) in [5.41, 5.74) is 1.65. The van der Waals surface area contributed by atoms with Crippen molar-refractivity contribution in [2.45, 2.75) is 45.1 Å². The molecule has 188 valence electrons. The van der Waals surface area contributed by atoms with Crippen LogP contribution in [0.5, 0.6) is 11.5 Å². The second-order valence-corrected chi connectivity index (χ2v) is 12.6. The maximum Gasteiger partial charge on any atom is 0.234 e. The number of hydrogen-bond acceptors (Lipinski definition) is 6. The number of carbonyl (C=O) groups excluding carboxylic acids is 4. The van der Waals surface area contributed by atoms with E-state index in [9.17, 15) is 24.3 Å². The number of fused-ring (bicyclic) bond motifs is 3. The third-order valence-corrected chi connectivity index (χ3v) is 9.02. The summed E-state index contributed by atoms with van der Waals surface area (Å²) in [4.78, 5) is 55.0. The minimum atomic E-state index is -0.660. The molecule has 1 aromatic carbocycles. The first-order chi connectivity index (χ1) is 16.9. The van der Waals surface area contributed by atoms with E-state index in [1.165, 1.54) is 18.1 Å². The normalized spacial score (nSPS) is 28.0. The van der Waals surface area contributed by atoms with Gasteiger partial charge in [0.25, 0.3) is 0 Å². The zero-order chi connectivity index (χ0) is 26.3. The molecule has 1 fully saturated rings. The molecule has 0 spiro atoms. The number of phenolic OH excluding ortho intramolecular Hbond substituents is 1. The van der Waals surface area contributed by atoms with Crippen molar-refractivity contribution in [2.75, 3.05) is 7.11 Å². The summed E-state index contributed by atoms with van der Waals surface area (Å²) in [6, 6.07) is 3.45. The molecule has 1 aliphatic heterocycles. The lowest BCUT2D eigenvalue weighted by atomic mass is 9.59. The van der Waals surface area contributed by atoms with Crippen LogP contribution in [0.4, 0.5) is 0 Å². The van der Waals surface area contributed by atoms with Crippen molar-refractivity contribution in [1.29, 1.82) is 0 Å². The number of benzene rings is 1. The van der Waals surface area contributed by atoms with Gasteiger partial charge in [0.05, 0.1) is 27.0 Å². The number of phenols is 1. The highest BCUT2D eigenvalue weighted by Gasteiger charge is 2.58. The largest absolute Gasteiger partial charge is 0.504 e. The number of carbonyl (C=O) groups is 4. The Morgan fingerprint density at radius 2 is 1.81 bits per heavy atom. The molecule has 0 aromatic heterocycles. The minimum Gasteiger partial charge on any atom is -0.504 e. The maximum atomic E-state index is 13.7. The van der Waals surface area contributed by atoms with Crippen LogP contribution in [0.25, 0.3) is 0 Å². The Labute approximate surface area is 230 Å². The number of methoxy groups -OCH3 is 1. The molecule has 1 heterocycles. The average Bonchev–Trinajstić information content (AvgIpc) is 3.08. The fraction of sp³-hybridized carbons (Fsp3) is 0.407. The molecular formula is C27H25BrINO6. The van der Waals surface area contributed by atoms with Gasteiger partial charge in [0.2, 0.25) is 11.8 Å². The fourth-order valence-electron chi connectivity index (χ4n) is 6.16. The Balaban J connectivity index is 1.71. The van der Waals surface area contributed by atoms with Gasteiger partial charge in [0.1, 0.15) is 0 Å². The van der Waals surface area contributed by atoms with Crippen molar-refractivity contribution in [3.8, 4) is 11.5 Å². The highest BCUT2D eigenvalue weighted by molar-refractivity contribution is 14.1. The summed E-state index contributed by atoms with van der Waals surface area (Å²) in [5.74, 6) is -2.78. The standard InChI is InChI=1S/C27H25BrINO6/c1-27(2,3)30-25(34)13-6-5-12-14(21(13)26(30)35)9-15-22(18(31)10-16(28)23(15)32)20(12)11-7-17(29)24(33)19(8-11)36-4/h5,7-8,10,13-14,20-21,33H,6,9H2,1-4H3/t13-,14+,20-,21-/m0/s1. The van der Waals surface area contributed by atoms with Crippen molar-refractivity contribution in [3.05, 3.63) is 54.6 Å². The Kier molecular flexibility index (Phi) is 6.10. The van der Waals surface area contributed by atoms with Crippen LogP contribution in [-0.2, 0) is 19.2 Å². The molecule has 1 aromatic rings. The SMILES string of the molecule is COc1cc([C@H]2C3=CC[C@@H]4C(=O)N(C(C)(C)C)C(=O)[C@@H]4[C@@H]3CC3=C2C(=O)C=C(Br)C3=O)cc(I)c1O. The number of rotatable bonds is 2. The van der Waals surface area contributed by atoms with Crippen molar-refractivity contribution in [2.24, 2.45) is 17.8 Å². The highest BCUT2D eigenvalue weighted by atomic mass is 127. The molecule has 0 unspecified atom stereocenters. The van der Waals surface area contributed by atoms with Crippen LogP contribution in [0.15, 0.2) is 45.5 Å². The topological polar surface area (TPSA) is 101 Å². The number of ketones is 2. The number of amides is 2. The lowest BCUT2D eigenvalue weighted by Crippen LogP contribution is -2.46. The number of likely N-dealkylation sites (tertiary alicyclic amines) is 1. The van der Waals surface area contributed by atoms with E-state index in [4.69, 9.17) is 4.74 Å². The van der Waals surface area contributed by atoms with Crippen LogP contribution >= 0.6 is 38.5 Å². The number of nitrogens with zero attached hydrogens (tertiary/aromatic N) is 1. The molecule has 1 saturated heterocycles. The van der Waals surface area contributed by atoms with Crippen LogP contribution in [0.3, 0.4) is 0 Å². The number of Topliss-reactive ketones (excluding diaryl/α,β-unsaturated/α-hetero) is 1. The van der Waals surface area contributed by atoms with Crippen LogP contribution in [0.2, 0.25) is 0 Å². The fourth-order valence-corrected chi connectivity index (χ4v) is 7.24. The zero-order valence-electron chi connectivity index (χ0n) is 20.2. The van der Waals surface area contributed by atoms with Gasteiger partial charge in [0.15, 0.2) is 23.1 Å². The minimum absolute atomic E-state index is 0.00725. The highest BCUT2D eigenvalue weighted by Crippen LogP contribution is 2.56. The zero-order valence-corrected chi connectivity index (χ0v) is 24.0. The molecule has 0 bridgehead atoms. The first kappa shape index (κ1) is 25.4. The lowest BCUT2D eigenvalue weighted by molar-refractivity contribution is -0.145. The molecule has 4 aliphatic rings. The molecular weight excluding hydrogens is 641 g/mol. The van der Waals surface area contributed by atoms with E-state index in [-0.39, 0.29) is 45.8 Å². The summed E-state index contributed by atoms with van der Waals surface area (Å²) in [6.45, 7) is 5.53. The first-order valence-electron chi connectivity index (χ1n) is 11.7. The monoisotopic (exact) mass is 665 g/mol. The van der Waals surface area contributed by atoms with Crippen molar-refractivity contribution < 1.29 is 29.0 Å². The number of ether oxygens (including phenoxy) is 1. The van der Waals surface area contributed by atoms with Gasteiger partial charge in [-0.05, 0) is 95.7 Å². The Hall–Kier alpha value is -2.27. The van der Waals surface area contributed by atoms with Gasteiger partial charge in [-0.25, -0.2) is 0 Å². The molecule has 3 aliphatic carbocycles. The number of hydrogen-bond donors (Lipinski definition) is 1. The second kappa shape index (κ2) is 8.65. The third kappa shape index (κ3) is 3.64. The van der Waals surface area contributed by atoms with Crippen molar-refractivity contribution in [3.63, 3.8) is 0 Å². The molecule has 7 nitrogen and oxygen atoms in total. The van der Waals surface area contributed by atoms with E-state index < -0.39 is 29.2 Å². The van der Waals surface area contributed by atoms with Crippen molar-refractivity contribution in [1.82, 2.24) is 4.90 Å². The first-order valence-corrected chi connectivity index (χ1v) is 13.6. The molecule has 5 rings (SSSR count). The Morgan fingerprint density at radius 3 is 2.44 bits per heavy atom. The number of aromatic hydroxyl groups is 1. The van der Waals surface area contributed by atoms with Gasteiger partial charge in [-0.3, -0.25) is 24.1 Å². The van der Waals surface area contributed by atoms with Gasteiger partial charge >= 0.3 is 0 Å². The van der Waals surface area contributed by atoms with Gasteiger partial charge in [-0.15, -0.1) is 0 Å². The molecule has 1 N–H and O–H groups in total. The summed E-state index contributed by atoms with van der Waals surface area (Å²) in [7, 11) is 1.45. The van der Waals surface area contributed by atoms with E-state index in [0.29, 0.717) is 26.7 Å². The summed E-state index contributed by atoms with van der Waals surface area (Å²) >= 11 is 5.24. The van der Waals surface area contributed by atoms with Gasteiger partial charge in [0, 0.05) is 28.7 Å². The van der Waals surface area contributed by atoms with E-state index in [0.717, 1.165) is 5.57 Å². The third-order valence-electron chi connectivity index (χ3n) is 7.61. The smallest absolute Gasteiger partial charge is 0.234 e. The van der Waals surface area contributed by atoms with E-state index in [1.807, 2.05) is 49.4 Å². The number of allylic oxidation sites excluding steroid dienone is 6. The molecule has 0 saturated carbocycles. The Bertz CT molecular complexity index is 1350. The summed E-state index contributed by atoms with van der Waals surface area (Å²) in [5, 5.41) is 10.4. The average molecular weight is 666 g/mol. The lowest BCUT2D eigenvalue weighted by Gasteiger charge is -2.42. The Morgan fingerprint density at radius 1 is 1.11 bits per heavy atom. The maximum absolute atomic E-state index is 13.7. The van der Waals surface area contributed by atoms with E-state index in [2.05, 4.69) is 15.9 Å². The molecule has 2 amide bonds. The predicted molar refractivity (Wildman–Crippen MR) is 144 cm³/mol. The predicted octanol–water partition coefficient (Wildman–Crippen LogP) is 4.57. The van der Waals surface area contributed by atoms with Crippen LogP contribution < -0.4 is 4.74 Å². The summed E-state index contributed by atoms with van der Waals surface area (Å²) < 4.78 is 6.11. The molecule has 4 atom stereocenters. The quantitative estimate of drug-likeness (QED) is 0.215. The van der Waals surface area contributed by atoms with Gasteiger partial charge in [-0.2, -0.15) is 0 Å². The molecule has 36 heavy (non-hydrogen) atoms. The second-order valence-electron chi connectivity index (χ2n) is 10.6. The number of imide groups is 1. The van der Waals surface area contributed by atoms with E-state index >= 15 is 0 Å². The van der Waals surface area contributed by atoms with Crippen LogP contribution in [0.1, 0.15) is 45.1 Å². The van der Waals surface area contributed by atoms with Gasteiger partial charge < -0.3 is 9.84 Å². The van der Waals surface area contributed by atoms with Crippen LogP contribution in [-0.4, -0.2) is 46.0 Å². The van der Waals surface area contributed by atoms with Crippen LogP contribution in [0, 0.1) is 21.3 Å². The van der Waals surface area contributed by atoms with Crippen molar-refractivity contribution >= 4 is 61.9 Å². The molecule has 9 heteroatoms. The molecule has 0 radical (unpaired) electrons. The van der Waals surface area contributed by atoms with Gasteiger partial charge in [-0.1, -0.05) is 11.6 Å².